The molecule has 1 unspecified atom stereocenters. The van der Waals surface area contributed by atoms with Crippen LogP contribution in [0.4, 0.5) is 11.9 Å². The number of nitrogens with zero attached hydrogens (tertiary/aromatic N) is 3. The van der Waals surface area contributed by atoms with Gasteiger partial charge in [-0.2, -0.15) is 15.0 Å². The summed E-state index contributed by atoms with van der Waals surface area (Å²) >= 11 is 5.74. The summed E-state index contributed by atoms with van der Waals surface area (Å²) in [6.45, 7) is 4.28. The zero-order chi connectivity index (χ0) is 13.8. The third kappa shape index (κ3) is 5.46. The van der Waals surface area contributed by atoms with Crippen LogP contribution in [0.2, 0.25) is 5.28 Å². The number of rotatable bonds is 6. The summed E-state index contributed by atoms with van der Waals surface area (Å²) in [7, 11) is -3.06. The standard InChI is InChI=1S/C9H16ClN5O2S/c1-4-11-8-13-7(10)14-9(15-8)12-6(2)5-18(3,16)17/h6H,4-5H2,1-3H3,(H2,11,12,13,14,15). The van der Waals surface area contributed by atoms with Crippen LogP contribution in [0.5, 0.6) is 0 Å². The van der Waals surface area contributed by atoms with E-state index in [-0.39, 0.29) is 23.0 Å². The van der Waals surface area contributed by atoms with Gasteiger partial charge in [-0.3, -0.25) is 0 Å². The highest BCUT2D eigenvalue weighted by Crippen LogP contribution is 2.10. The van der Waals surface area contributed by atoms with Crippen LogP contribution in [-0.4, -0.2) is 48.0 Å². The SMILES string of the molecule is CCNc1nc(Cl)nc(NC(C)CS(C)(=O)=O)n1. The maximum atomic E-state index is 11.1. The van der Waals surface area contributed by atoms with E-state index < -0.39 is 9.84 Å². The van der Waals surface area contributed by atoms with Crippen LogP contribution in [0.25, 0.3) is 0 Å². The number of nitrogens with one attached hydrogen (secondary N) is 2. The normalized spacial score (nSPS) is 13.1. The van der Waals surface area contributed by atoms with Crippen molar-refractivity contribution >= 4 is 33.3 Å². The second kappa shape index (κ2) is 6.14. The Labute approximate surface area is 111 Å². The lowest BCUT2D eigenvalue weighted by molar-refractivity contribution is 0.597. The van der Waals surface area contributed by atoms with Crippen molar-refractivity contribution in [3.05, 3.63) is 5.28 Å². The van der Waals surface area contributed by atoms with Crippen molar-refractivity contribution in [2.45, 2.75) is 19.9 Å². The van der Waals surface area contributed by atoms with E-state index in [1.54, 1.807) is 6.92 Å². The van der Waals surface area contributed by atoms with E-state index in [4.69, 9.17) is 11.6 Å². The van der Waals surface area contributed by atoms with Crippen LogP contribution >= 0.6 is 11.6 Å². The van der Waals surface area contributed by atoms with Crippen LogP contribution in [0, 0.1) is 0 Å². The molecule has 7 nitrogen and oxygen atoms in total. The molecule has 0 bridgehead atoms. The van der Waals surface area contributed by atoms with Gasteiger partial charge in [-0.15, -0.1) is 0 Å². The van der Waals surface area contributed by atoms with Gasteiger partial charge in [0.05, 0.1) is 5.75 Å². The Morgan fingerprint density at radius 1 is 1.28 bits per heavy atom. The fraction of sp³-hybridized carbons (Fsp3) is 0.667. The highest BCUT2D eigenvalue weighted by Gasteiger charge is 2.12. The van der Waals surface area contributed by atoms with E-state index in [1.807, 2.05) is 6.92 Å². The first kappa shape index (κ1) is 14.9. The van der Waals surface area contributed by atoms with Gasteiger partial charge < -0.3 is 10.6 Å². The van der Waals surface area contributed by atoms with Crippen molar-refractivity contribution in [2.24, 2.45) is 0 Å². The molecule has 0 fully saturated rings. The molecule has 1 aromatic heterocycles. The van der Waals surface area contributed by atoms with Gasteiger partial charge in [0.25, 0.3) is 0 Å². The third-order valence-electron chi connectivity index (χ3n) is 1.87. The topological polar surface area (TPSA) is 96.9 Å². The second-order valence-corrected chi connectivity index (χ2v) is 6.44. The fourth-order valence-corrected chi connectivity index (χ4v) is 2.52. The molecule has 0 aromatic carbocycles. The molecule has 0 saturated heterocycles. The number of hydrogen-bond donors (Lipinski definition) is 2. The van der Waals surface area contributed by atoms with Crippen molar-refractivity contribution in [2.75, 3.05) is 29.2 Å². The summed E-state index contributed by atoms with van der Waals surface area (Å²) in [5, 5.41) is 5.83. The largest absolute Gasteiger partial charge is 0.354 e. The van der Waals surface area contributed by atoms with E-state index >= 15 is 0 Å². The summed E-state index contributed by atoms with van der Waals surface area (Å²) in [4.78, 5) is 11.8. The highest BCUT2D eigenvalue weighted by atomic mass is 35.5. The van der Waals surface area contributed by atoms with Gasteiger partial charge in [0, 0.05) is 18.8 Å². The van der Waals surface area contributed by atoms with Gasteiger partial charge in [-0.25, -0.2) is 8.42 Å². The first-order valence-electron chi connectivity index (χ1n) is 5.40. The van der Waals surface area contributed by atoms with Crippen LogP contribution in [0.1, 0.15) is 13.8 Å². The first-order valence-corrected chi connectivity index (χ1v) is 7.83. The van der Waals surface area contributed by atoms with E-state index in [0.29, 0.717) is 12.5 Å². The molecule has 0 spiro atoms. The van der Waals surface area contributed by atoms with Gasteiger partial charge in [-0.1, -0.05) is 0 Å². The molecule has 18 heavy (non-hydrogen) atoms. The minimum absolute atomic E-state index is 0.00710. The van der Waals surface area contributed by atoms with Crippen molar-refractivity contribution < 1.29 is 8.42 Å². The predicted octanol–water partition coefficient (Wildman–Crippen LogP) is 0.802. The maximum Gasteiger partial charge on any atom is 0.229 e. The Balaban J connectivity index is 2.77. The van der Waals surface area contributed by atoms with E-state index in [9.17, 15) is 8.42 Å². The van der Waals surface area contributed by atoms with Crippen LogP contribution in [0.3, 0.4) is 0 Å². The smallest absolute Gasteiger partial charge is 0.229 e. The third-order valence-corrected chi connectivity index (χ3v) is 3.15. The van der Waals surface area contributed by atoms with Gasteiger partial charge in [0.1, 0.15) is 9.84 Å². The number of halogens is 1. The predicted molar refractivity (Wildman–Crippen MR) is 71.8 cm³/mol. The lowest BCUT2D eigenvalue weighted by Crippen LogP contribution is -2.26. The van der Waals surface area contributed by atoms with Crippen molar-refractivity contribution in [3.63, 3.8) is 0 Å². The molecule has 0 aliphatic rings. The monoisotopic (exact) mass is 293 g/mol. The molecule has 9 heteroatoms. The average Bonchev–Trinajstić information content (AvgIpc) is 2.12. The summed E-state index contributed by atoms with van der Waals surface area (Å²) < 4.78 is 22.3. The molecular formula is C9H16ClN5O2S. The molecule has 1 rings (SSSR count). The molecule has 0 saturated carbocycles. The Bertz CT molecular complexity index is 508. The Hall–Kier alpha value is -1.15. The molecule has 0 radical (unpaired) electrons. The fourth-order valence-electron chi connectivity index (χ4n) is 1.37. The van der Waals surface area contributed by atoms with E-state index in [1.165, 1.54) is 6.26 Å². The quantitative estimate of drug-likeness (QED) is 0.800. The minimum Gasteiger partial charge on any atom is -0.354 e. The van der Waals surface area contributed by atoms with E-state index in [2.05, 4.69) is 25.6 Å². The maximum absolute atomic E-state index is 11.1. The number of aromatic nitrogens is 3. The van der Waals surface area contributed by atoms with E-state index in [0.717, 1.165) is 0 Å². The summed E-state index contributed by atoms with van der Waals surface area (Å²) in [6.07, 6.45) is 1.18. The lowest BCUT2D eigenvalue weighted by Gasteiger charge is -2.13. The molecule has 1 aromatic rings. The summed E-state index contributed by atoms with van der Waals surface area (Å²) in [5.41, 5.74) is 0. The zero-order valence-electron chi connectivity index (χ0n) is 10.4. The van der Waals surface area contributed by atoms with Gasteiger partial charge in [0.2, 0.25) is 17.2 Å². The first-order chi connectivity index (χ1) is 8.30. The molecular weight excluding hydrogens is 278 g/mol. The van der Waals surface area contributed by atoms with Gasteiger partial charge in [-0.05, 0) is 25.4 Å². The summed E-state index contributed by atoms with van der Waals surface area (Å²) in [5.74, 6) is 0.598. The molecule has 102 valence electrons. The molecule has 0 amide bonds. The highest BCUT2D eigenvalue weighted by molar-refractivity contribution is 7.90. The number of anilines is 2. The molecule has 0 aliphatic carbocycles. The summed E-state index contributed by atoms with van der Waals surface area (Å²) in [6, 6.07) is -0.312. The van der Waals surface area contributed by atoms with Crippen LogP contribution in [-0.2, 0) is 9.84 Å². The molecule has 1 heterocycles. The molecule has 1 atom stereocenters. The van der Waals surface area contributed by atoms with Gasteiger partial charge in [0.15, 0.2) is 0 Å². The number of hydrogen-bond acceptors (Lipinski definition) is 7. The Kier molecular flexibility index (Phi) is 5.09. The molecule has 2 N–H and O–H groups in total. The average molecular weight is 294 g/mol. The van der Waals surface area contributed by atoms with Crippen LogP contribution in [0.15, 0.2) is 0 Å². The zero-order valence-corrected chi connectivity index (χ0v) is 12.0. The van der Waals surface area contributed by atoms with Crippen molar-refractivity contribution in [3.8, 4) is 0 Å². The molecule has 0 aliphatic heterocycles. The van der Waals surface area contributed by atoms with Crippen molar-refractivity contribution in [1.82, 2.24) is 15.0 Å². The lowest BCUT2D eigenvalue weighted by atomic mass is 10.4. The number of sulfone groups is 1. The van der Waals surface area contributed by atoms with Crippen LogP contribution < -0.4 is 10.6 Å². The van der Waals surface area contributed by atoms with Crippen molar-refractivity contribution in [1.29, 1.82) is 0 Å². The van der Waals surface area contributed by atoms with Gasteiger partial charge >= 0.3 is 0 Å². The minimum atomic E-state index is -3.06. The Morgan fingerprint density at radius 2 is 1.89 bits per heavy atom. The second-order valence-electron chi connectivity index (χ2n) is 3.92. The Morgan fingerprint density at radius 3 is 2.44 bits per heavy atom.